The van der Waals surface area contributed by atoms with Crippen LogP contribution in [0.4, 0.5) is 0 Å². The molecule has 2 unspecified atom stereocenters. The van der Waals surface area contributed by atoms with Crippen molar-refractivity contribution in [3.63, 3.8) is 0 Å². The molecule has 2 aromatic heterocycles. The quantitative estimate of drug-likeness (QED) is 0.271. The van der Waals surface area contributed by atoms with Crippen molar-refractivity contribution in [2.75, 3.05) is 6.61 Å². The van der Waals surface area contributed by atoms with Crippen molar-refractivity contribution in [1.29, 1.82) is 0 Å². The van der Waals surface area contributed by atoms with Gasteiger partial charge in [0.1, 0.15) is 18.3 Å². The van der Waals surface area contributed by atoms with Crippen LogP contribution >= 0.6 is 15.6 Å². The Morgan fingerprint density at radius 3 is 2.59 bits per heavy atom. The van der Waals surface area contributed by atoms with Crippen LogP contribution in [0.1, 0.15) is 6.23 Å². The number of aromatic amines is 1. The normalized spacial score (nSPS) is 28.5. The Morgan fingerprint density at radius 1 is 1.22 bits per heavy atom. The Morgan fingerprint density at radius 2 is 1.93 bits per heavy atom. The number of aliphatic hydroxyl groups is 2. The van der Waals surface area contributed by atoms with Crippen molar-refractivity contribution in [2.24, 2.45) is 0 Å². The Bertz CT molecular complexity index is 985. The van der Waals surface area contributed by atoms with E-state index in [0.717, 1.165) is 12.7 Å². The number of ether oxygens (including phenoxy) is 1. The average molecular weight is 432 g/mol. The summed E-state index contributed by atoms with van der Waals surface area (Å²) in [5, 5.41) is 20.2. The molecule has 1 aliphatic rings. The second-order valence-electron chi connectivity index (χ2n) is 5.44. The van der Waals surface area contributed by atoms with Crippen LogP contribution in [-0.4, -0.2) is 69.3 Å². The summed E-state index contributed by atoms with van der Waals surface area (Å²) < 4.78 is 36.6. The fraction of sp³-hybridized carbons (Fsp3) is 0.500. The van der Waals surface area contributed by atoms with Crippen LogP contribution in [0.2, 0.25) is 0 Å². The van der Waals surface area contributed by atoms with Crippen molar-refractivity contribution in [3.8, 4) is 0 Å². The number of phosphoric acid groups is 2. The monoisotopic (exact) mass is 432 g/mol. The molecule has 1 fully saturated rings. The lowest BCUT2D eigenvalue weighted by Crippen LogP contribution is -2.33. The molecule has 6 N–H and O–H groups in total. The minimum absolute atomic E-state index is 0.0441. The molecule has 0 aromatic carbocycles. The molecule has 15 nitrogen and oxygen atoms in total. The third-order valence-electron chi connectivity index (χ3n) is 3.59. The van der Waals surface area contributed by atoms with E-state index in [4.69, 9.17) is 14.5 Å². The molecule has 150 valence electrons. The molecule has 5 atom stereocenters. The first-order valence-corrected chi connectivity index (χ1v) is 10.2. The number of phosphoric ester groups is 1. The fourth-order valence-corrected chi connectivity index (χ4v) is 4.07. The topological polar surface area (TPSA) is 227 Å². The second-order valence-corrected chi connectivity index (χ2v) is 8.27. The molecule has 27 heavy (non-hydrogen) atoms. The van der Waals surface area contributed by atoms with E-state index < -0.39 is 52.4 Å². The molecule has 0 amide bonds. The molecule has 1 aliphatic heterocycles. The summed E-state index contributed by atoms with van der Waals surface area (Å²) in [5.74, 6) is 0. The van der Waals surface area contributed by atoms with Crippen molar-refractivity contribution < 1.29 is 47.6 Å². The van der Waals surface area contributed by atoms with Gasteiger partial charge >= 0.3 is 15.6 Å². The zero-order valence-corrected chi connectivity index (χ0v) is 14.9. The third kappa shape index (κ3) is 4.33. The smallest absolute Gasteiger partial charge is 0.387 e. The van der Waals surface area contributed by atoms with E-state index in [9.17, 15) is 29.0 Å². The van der Waals surface area contributed by atoms with Crippen molar-refractivity contribution in [3.05, 3.63) is 23.0 Å². The Hall–Kier alpha value is -1.51. The van der Waals surface area contributed by atoms with Gasteiger partial charge in [0, 0.05) is 0 Å². The van der Waals surface area contributed by atoms with E-state index in [1.165, 1.54) is 4.57 Å². The van der Waals surface area contributed by atoms with Gasteiger partial charge in [-0.05, 0) is 0 Å². The van der Waals surface area contributed by atoms with Crippen LogP contribution in [0.25, 0.3) is 11.2 Å². The lowest BCUT2D eigenvalue weighted by atomic mass is 10.1. The van der Waals surface area contributed by atoms with Gasteiger partial charge in [-0.15, -0.1) is 0 Å². The molecule has 3 rings (SSSR count). The van der Waals surface area contributed by atoms with Gasteiger partial charge in [-0.25, -0.2) is 19.1 Å². The van der Waals surface area contributed by atoms with Gasteiger partial charge in [0.25, 0.3) is 5.56 Å². The Labute approximate surface area is 149 Å². The van der Waals surface area contributed by atoms with E-state index in [1.807, 2.05) is 0 Å². The number of hydrogen-bond acceptors (Lipinski definition) is 10. The van der Waals surface area contributed by atoms with Gasteiger partial charge in [-0.1, -0.05) is 0 Å². The highest BCUT2D eigenvalue weighted by molar-refractivity contribution is 7.60. The lowest BCUT2D eigenvalue weighted by molar-refractivity contribution is -0.0503. The Kier molecular flexibility index (Phi) is 5.35. The number of fused-ring (bicyclic) bond motifs is 1. The number of hydrogen-bond donors (Lipinski definition) is 6. The SMILES string of the molecule is O=c1[15nH]c[15n]c2c1[15n]c[15n]2[C@@H]1O[C@H](COP(=O)(O)OP(=O)(O)O)[C@H](O)C1O. The number of nitrogens with zero attached hydrogens (tertiary/aromatic N) is 3. The predicted molar refractivity (Wildman–Crippen MR) is 83.0 cm³/mol. The zero-order valence-electron chi connectivity index (χ0n) is 13.1. The van der Waals surface area contributed by atoms with Crippen LogP contribution in [0, 0.1) is 0 Å². The summed E-state index contributed by atoms with van der Waals surface area (Å²) in [4.78, 5) is 48.0. The number of aromatic nitrogens is 4. The molecule has 17 heteroatoms. The first-order chi connectivity index (χ1) is 12.5. The van der Waals surface area contributed by atoms with Crippen LogP contribution in [0.15, 0.2) is 17.4 Å². The molecule has 0 radical (unpaired) electrons. The number of rotatable bonds is 6. The third-order valence-corrected chi connectivity index (χ3v) is 5.74. The number of H-pyrrole nitrogens is 1. The second kappa shape index (κ2) is 7.14. The molecular weight excluding hydrogens is 418 g/mol. The van der Waals surface area contributed by atoms with Crippen LogP contribution in [-0.2, 0) is 22.7 Å². The van der Waals surface area contributed by atoms with Gasteiger partial charge in [0.05, 0.1) is 19.3 Å². The molecule has 0 saturated carbocycles. The van der Waals surface area contributed by atoms with Crippen molar-refractivity contribution in [2.45, 2.75) is 24.5 Å². The standard InChI is InChI=1S/C10H14N4O11P2/c15-6-4(1-23-27(21,22)25-26(18,19)20)24-10(7(6)16)14-3-13-5-8(14)11-2-12-9(5)17/h2-4,6-7,10,15-16H,1H2,(H,21,22)(H,11,12,17)(H2,18,19,20)/t4-,6+,7?,10-/m1/s1/i11+1,12+1,13+1,14+1. The summed E-state index contributed by atoms with van der Waals surface area (Å²) in [6.07, 6.45) is -3.56. The van der Waals surface area contributed by atoms with Gasteiger partial charge in [-0.2, -0.15) is 4.31 Å². The summed E-state index contributed by atoms with van der Waals surface area (Å²) >= 11 is 0. The molecule has 0 spiro atoms. The maximum absolute atomic E-state index is 11.7. The minimum Gasteiger partial charge on any atom is -0.387 e. The number of aliphatic hydroxyl groups excluding tert-OH is 2. The first kappa shape index (κ1) is 20.2. The highest BCUT2D eigenvalue weighted by atomic mass is 31.3. The molecular formula is C10H14N4O11P2. The largest absolute Gasteiger partial charge is 0.481 e. The fourth-order valence-electron chi connectivity index (χ4n) is 2.47. The summed E-state index contributed by atoms with van der Waals surface area (Å²) in [6, 6.07) is 0. The molecule has 1 saturated heterocycles. The van der Waals surface area contributed by atoms with E-state index >= 15 is 0 Å². The van der Waals surface area contributed by atoms with Gasteiger partial charge < -0.3 is 34.6 Å². The maximum Gasteiger partial charge on any atom is 0.481 e. The van der Waals surface area contributed by atoms with Crippen molar-refractivity contribution in [1.82, 2.24) is 19.5 Å². The summed E-state index contributed by atoms with van der Waals surface area (Å²) in [6.45, 7) is -0.844. The molecule has 0 bridgehead atoms. The van der Waals surface area contributed by atoms with Crippen molar-refractivity contribution >= 4 is 26.8 Å². The molecule has 2 aromatic rings. The maximum atomic E-state index is 11.7. The Balaban J connectivity index is 1.76. The van der Waals surface area contributed by atoms with Gasteiger partial charge in [-0.3, -0.25) is 13.9 Å². The van der Waals surface area contributed by atoms with Crippen LogP contribution in [0.3, 0.4) is 0 Å². The number of imidazole rings is 1. The van der Waals surface area contributed by atoms with Gasteiger partial charge in [0.15, 0.2) is 17.4 Å². The average Bonchev–Trinajstić information content (AvgIpc) is 3.07. The summed E-state index contributed by atoms with van der Waals surface area (Å²) in [7, 11) is -10.5. The first-order valence-electron chi connectivity index (χ1n) is 7.14. The highest BCUT2D eigenvalue weighted by Crippen LogP contribution is 2.57. The van der Waals surface area contributed by atoms with Crippen LogP contribution in [0.5, 0.6) is 0 Å². The van der Waals surface area contributed by atoms with E-state index in [2.05, 4.69) is 23.8 Å². The lowest BCUT2D eigenvalue weighted by Gasteiger charge is -2.17. The number of nitrogens with one attached hydrogen (secondary N) is 1. The van der Waals surface area contributed by atoms with E-state index in [-0.39, 0.29) is 11.2 Å². The van der Waals surface area contributed by atoms with E-state index in [1.54, 1.807) is 0 Å². The van der Waals surface area contributed by atoms with Crippen LogP contribution < -0.4 is 5.56 Å². The predicted octanol–water partition coefficient (Wildman–Crippen LogP) is -2.03. The molecule has 3 heterocycles. The van der Waals surface area contributed by atoms with E-state index in [0.29, 0.717) is 0 Å². The zero-order chi connectivity index (χ0) is 20.0. The highest BCUT2D eigenvalue weighted by Gasteiger charge is 2.46. The minimum atomic E-state index is -5.30. The summed E-state index contributed by atoms with van der Waals surface area (Å²) in [5.41, 5.74) is -0.533. The molecule has 0 aliphatic carbocycles. The van der Waals surface area contributed by atoms with Gasteiger partial charge in [0.2, 0.25) is 0 Å².